The van der Waals surface area contributed by atoms with Crippen LogP contribution >= 0.6 is 11.6 Å². The van der Waals surface area contributed by atoms with Gasteiger partial charge in [-0.3, -0.25) is 4.79 Å². The van der Waals surface area contributed by atoms with E-state index in [4.69, 9.17) is 11.6 Å². The molecule has 1 atom stereocenters. The topological polar surface area (TPSA) is 29.1 Å². The van der Waals surface area contributed by atoms with Gasteiger partial charge < -0.3 is 5.32 Å². The van der Waals surface area contributed by atoms with E-state index in [-0.39, 0.29) is 11.9 Å². The molecule has 0 aliphatic rings. The molecule has 0 saturated carbocycles. The molecule has 80 valence electrons. The van der Waals surface area contributed by atoms with E-state index in [2.05, 4.69) is 11.9 Å². The van der Waals surface area contributed by atoms with Crippen LogP contribution in [0.15, 0.2) is 36.9 Å². The van der Waals surface area contributed by atoms with Gasteiger partial charge in [-0.2, -0.15) is 0 Å². The number of hydrogen-bond acceptors (Lipinski definition) is 1. The number of nitrogens with one attached hydrogen (secondary N) is 1. The molecule has 1 aromatic carbocycles. The van der Waals surface area contributed by atoms with Gasteiger partial charge in [0.05, 0.1) is 0 Å². The molecule has 2 nitrogen and oxygen atoms in total. The summed E-state index contributed by atoms with van der Waals surface area (Å²) in [4.78, 5) is 11.0. The van der Waals surface area contributed by atoms with Crippen molar-refractivity contribution in [2.75, 3.05) is 0 Å². The number of carbonyl (C=O) groups excluding carboxylic acids is 1. The maximum Gasteiger partial charge on any atom is 0.243 e. The molecule has 0 radical (unpaired) electrons. The van der Waals surface area contributed by atoms with Gasteiger partial charge in [-0.25, -0.2) is 0 Å². The lowest BCUT2D eigenvalue weighted by atomic mass is 10.1. The Kier molecular flexibility index (Phi) is 4.37. The molecule has 1 N–H and O–H groups in total. The van der Waals surface area contributed by atoms with Gasteiger partial charge in [-0.15, -0.1) is 0 Å². The van der Waals surface area contributed by atoms with E-state index in [1.54, 1.807) is 0 Å². The molecule has 0 saturated heterocycles. The largest absolute Gasteiger partial charge is 0.350 e. The number of carbonyl (C=O) groups is 1. The molecule has 3 heteroatoms. The number of rotatable bonds is 4. The Labute approximate surface area is 94.9 Å². The van der Waals surface area contributed by atoms with Gasteiger partial charge in [0.1, 0.15) is 0 Å². The molecule has 1 unspecified atom stereocenters. The van der Waals surface area contributed by atoms with Gasteiger partial charge in [0.25, 0.3) is 0 Å². The number of hydrogen-bond donors (Lipinski definition) is 1. The molecule has 0 spiro atoms. The Bertz CT molecular complexity index is 362. The van der Waals surface area contributed by atoms with Crippen LogP contribution in [-0.4, -0.2) is 11.9 Å². The number of amides is 1. The van der Waals surface area contributed by atoms with Crippen molar-refractivity contribution in [3.05, 3.63) is 47.5 Å². The molecular formula is C12H14ClNO. The molecular weight excluding hydrogens is 210 g/mol. The Balaban J connectivity index is 2.58. The average Bonchev–Trinajstić information content (AvgIpc) is 2.21. The van der Waals surface area contributed by atoms with E-state index < -0.39 is 0 Å². The van der Waals surface area contributed by atoms with Crippen molar-refractivity contribution >= 4 is 17.5 Å². The highest BCUT2D eigenvalue weighted by atomic mass is 35.5. The number of benzene rings is 1. The Hall–Kier alpha value is -1.28. The second-order valence-electron chi connectivity index (χ2n) is 3.41. The van der Waals surface area contributed by atoms with Crippen LogP contribution in [0.3, 0.4) is 0 Å². The zero-order valence-corrected chi connectivity index (χ0v) is 9.42. The predicted octanol–water partition coefficient (Wildman–Crippen LogP) is 2.57. The minimum atomic E-state index is -0.158. The monoisotopic (exact) mass is 223 g/mol. The summed E-state index contributed by atoms with van der Waals surface area (Å²) in [6.45, 7) is 5.34. The molecule has 0 aliphatic heterocycles. The summed E-state index contributed by atoms with van der Waals surface area (Å²) in [5.41, 5.74) is 1.04. The maximum atomic E-state index is 11.0. The van der Waals surface area contributed by atoms with Crippen molar-refractivity contribution in [1.29, 1.82) is 0 Å². The molecule has 0 bridgehead atoms. The summed E-state index contributed by atoms with van der Waals surface area (Å²) in [7, 11) is 0. The van der Waals surface area contributed by atoms with E-state index in [0.29, 0.717) is 0 Å². The van der Waals surface area contributed by atoms with Gasteiger partial charge in [-0.05, 0) is 31.1 Å². The van der Waals surface area contributed by atoms with Gasteiger partial charge in [0, 0.05) is 11.1 Å². The van der Waals surface area contributed by atoms with Gasteiger partial charge in [0.15, 0.2) is 0 Å². The van der Waals surface area contributed by atoms with Crippen molar-refractivity contribution in [3.8, 4) is 0 Å². The highest BCUT2D eigenvalue weighted by Gasteiger charge is 2.07. The molecule has 1 aromatic rings. The van der Waals surface area contributed by atoms with Crippen LogP contribution in [0.5, 0.6) is 0 Å². The summed E-state index contributed by atoms with van der Waals surface area (Å²) < 4.78 is 0. The highest BCUT2D eigenvalue weighted by Crippen LogP contribution is 2.16. The fraction of sp³-hybridized carbons (Fsp3) is 0.250. The molecule has 1 amide bonds. The van der Waals surface area contributed by atoms with Crippen molar-refractivity contribution < 1.29 is 4.79 Å². The van der Waals surface area contributed by atoms with E-state index in [9.17, 15) is 4.79 Å². The highest BCUT2D eigenvalue weighted by molar-refractivity contribution is 6.31. The zero-order valence-electron chi connectivity index (χ0n) is 8.66. The predicted molar refractivity (Wildman–Crippen MR) is 63.0 cm³/mol. The lowest BCUT2D eigenvalue weighted by Gasteiger charge is -2.13. The van der Waals surface area contributed by atoms with Crippen molar-refractivity contribution in [3.63, 3.8) is 0 Å². The maximum absolute atomic E-state index is 11.0. The SMILES string of the molecule is C=CC(=O)NC(C)Cc1ccccc1Cl. The molecule has 1 rings (SSSR count). The third-order valence-corrected chi connectivity index (χ3v) is 2.43. The Morgan fingerprint density at radius 1 is 1.60 bits per heavy atom. The van der Waals surface area contributed by atoms with Crippen LogP contribution in [0.25, 0.3) is 0 Å². The first-order valence-corrected chi connectivity index (χ1v) is 5.17. The van der Waals surface area contributed by atoms with Crippen LogP contribution in [0.1, 0.15) is 12.5 Å². The first-order chi connectivity index (χ1) is 7.13. The van der Waals surface area contributed by atoms with Crippen LogP contribution in [0, 0.1) is 0 Å². The first-order valence-electron chi connectivity index (χ1n) is 4.80. The van der Waals surface area contributed by atoms with Crippen LogP contribution < -0.4 is 5.32 Å². The molecule has 15 heavy (non-hydrogen) atoms. The normalized spacial score (nSPS) is 11.9. The van der Waals surface area contributed by atoms with E-state index in [1.165, 1.54) is 6.08 Å². The summed E-state index contributed by atoms with van der Waals surface area (Å²) in [5, 5.41) is 3.52. The number of halogens is 1. The third-order valence-electron chi connectivity index (χ3n) is 2.06. The van der Waals surface area contributed by atoms with Gasteiger partial charge >= 0.3 is 0 Å². The fourth-order valence-electron chi connectivity index (χ4n) is 1.35. The quantitative estimate of drug-likeness (QED) is 0.782. The Morgan fingerprint density at radius 2 is 2.27 bits per heavy atom. The average molecular weight is 224 g/mol. The van der Waals surface area contributed by atoms with Gasteiger partial charge in [-0.1, -0.05) is 36.4 Å². The molecule has 0 aromatic heterocycles. The van der Waals surface area contributed by atoms with Crippen molar-refractivity contribution in [2.45, 2.75) is 19.4 Å². The fourth-order valence-corrected chi connectivity index (χ4v) is 1.56. The molecule has 0 heterocycles. The zero-order chi connectivity index (χ0) is 11.3. The lowest BCUT2D eigenvalue weighted by molar-refractivity contribution is -0.117. The Morgan fingerprint density at radius 3 is 2.87 bits per heavy atom. The van der Waals surface area contributed by atoms with Crippen molar-refractivity contribution in [1.82, 2.24) is 5.32 Å². The first kappa shape index (κ1) is 11.8. The van der Waals surface area contributed by atoms with E-state index >= 15 is 0 Å². The summed E-state index contributed by atoms with van der Waals surface area (Å²) in [6, 6.07) is 7.68. The van der Waals surface area contributed by atoms with Crippen LogP contribution in [0.2, 0.25) is 5.02 Å². The second kappa shape index (κ2) is 5.56. The van der Waals surface area contributed by atoms with E-state index in [1.807, 2.05) is 31.2 Å². The summed E-state index contributed by atoms with van der Waals surface area (Å²) in [5.74, 6) is -0.158. The van der Waals surface area contributed by atoms with Crippen molar-refractivity contribution in [2.24, 2.45) is 0 Å². The van der Waals surface area contributed by atoms with E-state index in [0.717, 1.165) is 17.0 Å². The molecule has 0 aliphatic carbocycles. The third kappa shape index (κ3) is 3.76. The summed E-state index contributed by atoms with van der Waals surface area (Å²) in [6.07, 6.45) is 1.99. The van der Waals surface area contributed by atoms with Gasteiger partial charge in [0.2, 0.25) is 5.91 Å². The standard InChI is InChI=1S/C12H14ClNO/c1-3-12(15)14-9(2)8-10-6-4-5-7-11(10)13/h3-7,9H,1,8H2,2H3,(H,14,15). The minimum Gasteiger partial charge on any atom is -0.350 e. The van der Waals surface area contributed by atoms with Crippen LogP contribution in [0.4, 0.5) is 0 Å². The minimum absolute atomic E-state index is 0.0513. The smallest absolute Gasteiger partial charge is 0.243 e. The lowest BCUT2D eigenvalue weighted by Crippen LogP contribution is -2.32. The second-order valence-corrected chi connectivity index (χ2v) is 3.82. The molecule has 0 fully saturated rings. The summed E-state index contributed by atoms with van der Waals surface area (Å²) >= 11 is 6.01. The van der Waals surface area contributed by atoms with Crippen LogP contribution in [-0.2, 0) is 11.2 Å².